The molecule has 0 aliphatic rings. The van der Waals surface area contributed by atoms with Crippen molar-refractivity contribution in [1.29, 1.82) is 0 Å². The summed E-state index contributed by atoms with van der Waals surface area (Å²) < 4.78 is 1.74. The van der Waals surface area contributed by atoms with Crippen LogP contribution in [0.2, 0.25) is 0 Å². The van der Waals surface area contributed by atoms with Crippen LogP contribution >= 0.6 is 0 Å². The third-order valence-electron chi connectivity index (χ3n) is 4.31. The highest BCUT2D eigenvalue weighted by atomic mass is 16.3. The molecule has 0 saturated heterocycles. The van der Waals surface area contributed by atoms with E-state index in [4.69, 9.17) is 0 Å². The van der Waals surface area contributed by atoms with E-state index < -0.39 is 0 Å². The zero-order chi connectivity index (χ0) is 17.2. The quantitative estimate of drug-likeness (QED) is 0.587. The zero-order valence-corrected chi connectivity index (χ0v) is 13.9. The number of nitrogens with zero attached hydrogens (tertiary/aromatic N) is 4. The van der Waals surface area contributed by atoms with Crippen molar-refractivity contribution < 1.29 is 5.11 Å². The van der Waals surface area contributed by atoms with Crippen LogP contribution in [0.3, 0.4) is 0 Å². The summed E-state index contributed by atoms with van der Waals surface area (Å²) in [6.45, 7) is 1.89. The Labute approximate surface area is 145 Å². The molecule has 6 nitrogen and oxygen atoms in total. The molecule has 126 valence electrons. The molecule has 2 aromatic carbocycles. The fourth-order valence-electron chi connectivity index (χ4n) is 3.04. The number of anilines is 1. The highest BCUT2D eigenvalue weighted by Crippen LogP contribution is 2.25. The van der Waals surface area contributed by atoms with Gasteiger partial charge >= 0.3 is 0 Å². The summed E-state index contributed by atoms with van der Waals surface area (Å²) in [4.78, 5) is 0. The van der Waals surface area contributed by atoms with E-state index in [9.17, 15) is 5.11 Å². The van der Waals surface area contributed by atoms with Crippen LogP contribution in [0.1, 0.15) is 11.4 Å². The Morgan fingerprint density at radius 3 is 2.48 bits per heavy atom. The molecule has 4 aromatic rings. The Morgan fingerprint density at radius 2 is 1.72 bits per heavy atom. The van der Waals surface area contributed by atoms with Crippen molar-refractivity contribution in [3.8, 4) is 0 Å². The van der Waals surface area contributed by atoms with Crippen LogP contribution in [0.25, 0.3) is 16.4 Å². The number of aryl methyl sites for hydroxylation is 1. The molecule has 6 heteroatoms. The Morgan fingerprint density at radius 1 is 1.00 bits per heavy atom. The van der Waals surface area contributed by atoms with Crippen molar-refractivity contribution in [2.75, 3.05) is 11.9 Å². The maximum absolute atomic E-state index is 9.83. The first-order valence-electron chi connectivity index (χ1n) is 8.28. The van der Waals surface area contributed by atoms with E-state index in [1.165, 1.54) is 5.56 Å². The molecule has 0 aliphatic carbocycles. The Hall–Kier alpha value is -2.99. The van der Waals surface area contributed by atoms with Gasteiger partial charge in [-0.15, -0.1) is 15.3 Å². The second kappa shape index (κ2) is 6.49. The molecule has 25 heavy (non-hydrogen) atoms. The molecule has 0 fully saturated rings. The molecule has 0 aliphatic heterocycles. The standard InChI is InChI=1S/C19H19N5O/c1-13-21-22-19-17-10-6-5-9-16(17)18(23-24(13)19)20-15(12-25)11-14-7-3-2-4-8-14/h2-10,15,25H,11-12H2,1H3,(H,20,23)/t15-/m0/s1. The Bertz CT molecular complexity index is 1010. The first-order chi connectivity index (χ1) is 12.3. The normalized spacial score (nSPS) is 12.6. The second-order valence-corrected chi connectivity index (χ2v) is 6.09. The molecule has 2 heterocycles. The fourth-order valence-corrected chi connectivity index (χ4v) is 3.04. The third-order valence-corrected chi connectivity index (χ3v) is 4.31. The summed E-state index contributed by atoms with van der Waals surface area (Å²) in [7, 11) is 0. The number of aromatic nitrogens is 4. The maximum Gasteiger partial charge on any atom is 0.185 e. The monoisotopic (exact) mass is 333 g/mol. The van der Waals surface area contributed by atoms with Gasteiger partial charge in [-0.25, -0.2) is 0 Å². The minimum Gasteiger partial charge on any atom is -0.394 e. The van der Waals surface area contributed by atoms with Gasteiger partial charge in [0.1, 0.15) is 0 Å². The molecule has 2 aromatic heterocycles. The van der Waals surface area contributed by atoms with E-state index in [-0.39, 0.29) is 12.6 Å². The van der Waals surface area contributed by atoms with Gasteiger partial charge in [0.25, 0.3) is 0 Å². The van der Waals surface area contributed by atoms with Crippen LogP contribution in [-0.2, 0) is 6.42 Å². The van der Waals surface area contributed by atoms with E-state index in [0.29, 0.717) is 6.42 Å². The molecule has 0 saturated carbocycles. The van der Waals surface area contributed by atoms with Crippen LogP contribution in [0.5, 0.6) is 0 Å². The summed E-state index contributed by atoms with van der Waals surface area (Å²) in [5, 5.41) is 28.2. The van der Waals surface area contributed by atoms with E-state index in [1.807, 2.05) is 49.4 Å². The minimum atomic E-state index is -0.132. The Balaban J connectivity index is 1.75. The van der Waals surface area contributed by atoms with Crippen molar-refractivity contribution in [3.63, 3.8) is 0 Å². The summed E-state index contributed by atoms with van der Waals surface area (Å²) in [5.41, 5.74) is 1.90. The van der Waals surface area contributed by atoms with Crippen LogP contribution in [0.4, 0.5) is 5.82 Å². The van der Waals surface area contributed by atoms with Gasteiger partial charge in [-0.2, -0.15) is 4.52 Å². The van der Waals surface area contributed by atoms with E-state index >= 15 is 0 Å². The van der Waals surface area contributed by atoms with Crippen molar-refractivity contribution in [2.24, 2.45) is 0 Å². The lowest BCUT2D eigenvalue weighted by molar-refractivity contribution is 0.273. The fraction of sp³-hybridized carbons (Fsp3) is 0.211. The van der Waals surface area contributed by atoms with Crippen molar-refractivity contribution in [2.45, 2.75) is 19.4 Å². The summed E-state index contributed by atoms with van der Waals surface area (Å²) in [5.74, 6) is 1.45. The highest BCUT2D eigenvalue weighted by Gasteiger charge is 2.15. The van der Waals surface area contributed by atoms with Crippen LogP contribution in [0, 0.1) is 6.92 Å². The van der Waals surface area contributed by atoms with Crippen molar-refractivity contribution in [3.05, 3.63) is 66.0 Å². The van der Waals surface area contributed by atoms with E-state index in [0.717, 1.165) is 28.1 Å². The van der Waals surface area contributed by atoms with Gasteiger partial charge in [-0.3, -0.25) is 0 Å². The summed E-state index contributed by atoms with van der Waals surface area (Å²) in [6, 6.07) is 17.9. The summed E-state index contributed by atoms with van der Waals surface area (Å²) in [6.07, 6.45) is 0.715. The van der Waals surface area contributed by atoms with E-state index in [2.05, 4.69) is 32.7 Å². The van der Waals surface area contributed by atoms with Gasteiger partial charge in [0.2, 0.25) is 0 Å². The average Bonchev–Trinajstić information content (AvgIpc) is 3.03. The number of fused-ring (bicyclic) bond motifs is 3. The number of aliphatic hydroxyl groups is 1. The number of hydrogen-bond acceptors (Lipinski definition) is 5. The lowest BCUT2D eigenvalue weighted by atomic mass is 10.1. The maximum atomic E-state index is 9.83. The summed E-state index contributed by atoms with van der Waals surface area (Å²) >= 11 is 0. The van der Waals surface area contributed by atoms with E-state index in [1.54, 1.807) is 4.52 Å². The predicted octanol–water partition coefficient (Wildman–Crippen LogP) is 2.60. The van der Waals surface area contributed by atoms with Gasteiger partial charge in [-0.05, 0) is 18.9 Å². The van der Waals surface area contributed by atoms with Gasteiger partial charge < -0.3 is 10.4 Å². The van der Waals surface area contributed by atoms with Crippen molar-refractivity contribution in [1.82, 2.24) is 19.8 Å². The van der Waals surface area contributed by atoms with Crippen LogP contribution < -0.4 is 5.32 Å². The topological polar surface area (TPSA) is 75.3 Å². The average molecular weight is 333 g/mol. The number of nitrogens with one attached hydrogen (secondary N) is 1. The molecule has 1 atom stereocenters. The molecule has 0 amide bonds. The molecule has 0 unspecified atom stereocenters. The van der Waals surface area contributed by atoms with Crippen molar-refractivity contribution >= 4 is 22.2 Å². The molecule has 0 bridgehead atoms. The van der Waals surface area contributed by atoms with Gasteiger partial charge in [-0.1, -0.05) is 54.6 Å². The lowest BCUT2D eigenvalue weighted by Gasteiger charge is -2.18. The van der Waals surface area contributed by atoms with Gasteiger partial charge in [0.15, 0.2) is 17.3 Å². The van der Waals surface area contributed by atoms with Crippen LogP contribution in [-0.4, -0.2) is 37.6 Å². The molecule has 2 N–H and O–H groups in total. The SMILES string of the molecule is Cc1nnc2c3ccccc3c(N[C@H](CO)Cc3ccccc3)nn12. The molecular weight excluding hydrogens is 314 g/mol. The zero-order valence-electron chi connectivity index (χ0n) is 13.9. The number of rotatable bonds is 5. The first kappa shape index (κ1) is 15.5. The smallest absolute Gasteiger partial charge is 0.185 e. The third kappa shape index (κ3) is 2.92. The minimum absolute atomic E-state index is 0.0180. The number of benzene rings is 2. The Kier molecular flexibility index (Phi) is 4.03. The van der Waals surface area contributed by atoms with Gasteiger partial charge in [0.05, 0.1) is 12.6 Å². The molecule has 0 spiro atoms. The highest BCUT2D eigenvalue weighted by molar-refractivity contribution is 5.99. The molecule has 4 rings (SSSR count). The molecule has 0 radical (unpaired) electrons. The first-order valence-corrected chi connectivity index (χ1v) is 8.28. The lowest BCUT2D eigenvalue weighted by Crippen LogP contribution is -2.27. The van der Waals surface area contributed by atoms with Gasteiger partial charge in [0, 0.05) is 10.8 Å². The second-order valence-electron chi connectivity index (χ2n) is 6.09. The largest absolute Gasteiger partial charge is 0.394 e. The number of aliphatic hydroxyl groups excluding tert-OH is 1. The number of hydrogen-bond donors (Lipinski definition) is 2. The predicted molar refractivity (Wildman–Crippen MR) is 97.7 cm³/mol. The molecular formula is C19H19N5O. The van der Waals surface area contributed by atoms with Crippen LogP contribution in [0.15, 0.2) is 54.6 Å².